The number of carbonyl (C=O) groups excluding carboxylic acids is 2. The largest absolute Gasteiger partial charge is 0.466 e. The first-order chi connectivity index (χ1) is 16.7. The van der Waals surface area contributed by atoms with Crippen molar-refractivity contribution in [3.05, 3.63) is 12.7 Å². The molecule has 0 aromatic carbocycles. The molecule has 0 saturated carbocycles. The minimum absolute atomic E-state index is 0.114. The van der Waals surface area contributed by atoms with Gasteiger partial charge in [-0.3, -0.25) is 14.1 Å². The summed E-state index contributed by atoms with van der Waals surface area (Å²) in [4.78, 5) is 24.0. The maximum atomic E-state index is 12.0. The number of esters is 2. The summed E-state index contributed by atoms with van der Waals surface area (Å²) in [6, 6.07) is 0. The van der Waals surface area contributed by atoms with E-state index < -0.39 is 46.4 Å². The van der Waals surface area contributed by atoms with E-state index >= 15 is 0 Å². The van der Waals surface area contributed by atoms with Gasteiger partial charge in [0.25, 0.3) is 10.1 Å². The number of aliphatic hydroxyl groups excluding tert-OH is 1. The van der Waals surface area contributed by atoms with Gasteiger partial charge in [-0.05, 0) is 6.42 Å². The molecule has 206 valence electrons. The molecule has 0 spiro atoms. The van der Waals surface area contributed by atoms with Crippen LogP contribution in [0, 0.1) is 0 Å². The van der Waals surface area contributed by atoms with Gasteiger partial charge in [-0.15, -0.1) is 6.58 Å². The fraction of sp³-hybridized carbons (Fsp3) is 0.840. The van der Waals surface area contributed by atoms with Crippen molar-refractivity contribution in [2.24, 2.45) is 0 Å². The highest BCUT2D eigenvalue weighted by atomic mass is 32.2. The molecule has 0 heterocycles. The molecule has 0 bridgehead atoms. The van der Waals surface area contributed by atoms with E-state index in [0.717, 1.165) is 19.3 Å². The van der Waals surface area contributed by atoms with Crippen LogP contribution in [0.2, 0.25) is 0 Å². The number of hydrogen-bond acceptors (Lipinski definition) is 8. The van der Waals surface area contributed by atoms with Crippen LogP contribution >= 0.6 is 0 Å². The van der Waals surface area contributed by atoms with E-state index in [9.17, 15) is 27.7 Å². The van der Waals surface area contributed by atoms with Crippen LogP contribution in [0.25, 0.3) is 0 Å². The average Bonchev–Trinajstić information content (AvgIpc) is 2.80. The maximum Gasteiger partial charge on any atom is 0.327 e. The Morgan fingerprint density at radius 2 is 1.37 bits per heavy atom. The molecular weight excluding hydrogens is 476 g/mol. The average molecular weight is 523 g/mol. The lowest BCUT2D eigenvalue weighted by molar-refractivity contribution is -0.152. The normalized spacial score (nSPS) is 13.2. The van der Waals surface area contributed by atoms with Gasteiger partial charge in [0.05, 0.1) is 26.2 Å². The molecule has 0 fully saturated rings. The molecule has 0 saturated heterocycles. The van der Waals surface area contributed by atoms with E-state index in [-0.39, 0.29) is 19.8 Å². The molecule has 0 aromatic heterocycles. The first-order valence-electron chi connectivity index (χ1n) is 12.9. The number of carbonyl (C=O) groups is 2. The van der Waals surface area contributed by atoms with Crippen molar-refractivity contribution in [1.82, 2.24) is 0 Å². The molecule has 35 heavy (non-hydrogen) atoms. The smallest absolute Gasteiger partial charge is 0.327 e. The van der Waals surface area contributed by atoms with Crippen molar-refractivity contribution >= 4 is 22.1 Å². The Bertz CT molecular complexity index is 664. The van der Waals surface area contributed by atoms with Crippen molar-refractivity contribution in [3.8, 4) is 0 Å². The van der Waals surface area contributed by atoms with E-state index in [0.29, 0.717) is 6.42 Å². The summed E-state index contributed by atoms with van der Waals surface area (Å²) in [5, 5.41) is 7.54. The number of unbranched alkanes of at least 4 members (excludes halogenated alkanes) is 12. The lowest BCUT2D eigenvalue weighted by Crippen LogP contribution is -2.36. The molecule has 2 atom stereocenters. The number of hydrogen-bond donors (Lipinski definition) is 2. The predicted molar refractivity (Wildman–Crippen MR) is 135 cm³/mol. The van der Waals surface area contributed by atoms with Gasteiger partial charge in [0, 0.05) is 0 Å². The van der Waals surface area contributed by atoms with Crippen LogP contribution in [-0.4, -0.2) is 67.8 Å². The number of aliphatic hydroxyl groups is 1. The first-order valence-corrected chi connectivity index (χ1v) is 14.4. The molecule has 0 rings (SSSR count). The molecule has 0 aliphatic rings. The summed E-state index contributed by atoms with van der Waals surface area (Å²) in [6.07, 6.45) is 14.8. The van der Waals surface area contributed by atoms with Crippen molar-refractivity contribution < 1.29 is 41.9 Å². The Labute approximate surface area is 211 Å². The Kier molecular flexibility index (Phi) is 20.8. The molecular formula is C25H46O9S. The van der Waals surface area contributed by atoms with Crippen LogP contribution in [0.15, 0.2) is 12.7 Å². The molecule has 0 aliphatic carbocycles. The summed E-state index contributed by atoms with van der Waals surface area (Å²) < 4.78 is 47.0. The minimum atomic E-state index is -4.89. The molecule has 2 N–H and O–H groups in total. The molecule has 0 amide bonds. The molecule has 10 heteroatoms. The van der Waals surface area contributed by atoms with Gasteiger partial charge in [-0.1, -0.05) is 90.0 Å². The van der Waals surface area contributed by atoms with Gasteiger partial charge in [0.2, 0.25) is 0 Å². The van der Waals surface area contributed by atoms with Crippen LogP contribution in [-0.2, 0) is 33.9 Å². The van der Waals surface area contributed by atoms with Crippen LogP contribution in [0.3, 0.4) is 0 Å². The van der Waals surface area contributed by atoms with Crippen molar-refractivity contribution in [1.29, 1.82) is 0 Å². The minimum Gasteiger partial charge on any atom is -0.466 e. The van der Waals surface area contributed by atoms with Gasteiger partial charge < -0.3 is 19.3 Å². The van der Waals surface area contributed by atoms with Gasteiger partial charge in [-0.2, -0.15) is 8.42 Å². The van der Waals surface area contributed by atoms with Gasteiger partial charge in [-0.25, -0.2) is 0 Å². The quantitative estimate of drug-likeness (QED) is 0.0819. The molecule has 0 aromatic rings. The topological polar surface area (TPSA) is 136 Å². The zero-order chi connectivity index (χ0) is 26.4. The third kappa shape index (κ3) is 20.4. The van der Waals surface area contributed by atoms with Gasteiger partial charge >= 0.3 is 11.9 Å². The molecule has 9 nitrogen and oxygen atoms in total. The fourth-order valence-electron chi connectivity index (χ4n) is 3.43. The monoisotopic (exact) mass is 522 g/mol. The first kappa shape index (κ1) is 33.5. The van der Waals surface area contributed by atoms with Crippen LogP contribution in [0.5, 0.6) is 0 Å². The van der Waals surface area contributed by atoms with Crippen molar-refractivity contribution in [2.75, 3.05) is 26.4 Å². The SMILES string of the molecule is C=CCOCC(O)COC(=O)C(CC(=O)OCCCCCCCCCCCCCCC)S(=O)(=O)O. The van der Waals surface area contributed by atoms with Crippen LogP contribution in [0.1, 0.15) is 96.8 Å². The van der Waals surface area contributed by atoms with E-state index in [1.165, 1.54) is 63.9 Å². The van der Waals surface area contributed by atoms with Crippen molar-refractivity contribution in [3.63, 3.8) is 0 Å². The second-order valence-corrected chi connectivity index (χ2v) is 10.4. The summed E-state index contributed by atoms with van der Waals surface area (Å²) in [7, 11) is -4.89. The molecule has 2 unspecified atom stereocenters. The maximum absolute atomic E-state index is 12.0. The standard InChI is InChI=1S/C25H46O9S/c1-3-5-6-7-8-9-10-11-12-13-14-15-16-18-33-24(27)19-23(35(29,30)31)25(28)34-21-22(26)20-32-17-4-2/h4,22-23,26H,2-3,5-21H2,1H3,(H,29,30,31). The van der Waals surface area contributed by atoms with Crippen LogP contribution < -0.4 is 0 Å². The van der Waals surface area contributed by atoms with E-state index in [4.69, 9.17) is 14.2 Å². The van der Waals surface area contributed by atoms with Gasteiger partial charge in [0.1, 0.15) is 12.7 Å². The Hall–Kier alpha value is -1.49. The van der Waals surface area contributed by atoms with E-state index in [1.807, 2.05) is 0 Å². The zero-order valence-corrected chi connectivity index (χ0v) is 22.1. The van der Waals surface area contributed by atoms with Gasteiger partial charge in [0.15, 0.2) is 5.25 Å². The lowest BCUT2D eigenvalue weighted by Gasteiger charge is -2.15. The van der Waals surface area contributed by atoms with E-state index in [1.54, 1.807) is 0 Å². The highest BCUT2D eigenvalue weighted by Gasteiger charge is 2.36. The molecule has 0 aliphatic heterocycles. The summed E-state index contributed by atoms with van der Waals surface area (Å²) in [5.74, 6) is -2.26. The second-order valence-electron chi connectivity index (χ2n) is 8.78. The summed E-state index contributed by atoms with van der Waals surface area (Å²) in [6.45, 7) is 5.26. The third-order valence-electron chi connectivity index (χ3n) is 5.45. The van der Waals surface area contributed by atoms with Crippen LogP contribution in [0.4, 0.5) is 0 Å². The molecule has 0 radical (unpaired) electrons. The lowest BCUT2D eigenvalue weighted by atomic mass is 10.0. The number of ether oxygens (including phenoxy) is 3. The highest BCUT2D eigenvalue weighted by Crippen LogP contribution is 2.13. The van der Waals surface area contributed by atoms with E-state index in [2.05, 4.69) is 13.5 Å². The Balaban J connectivity index is 3.96. The van der Waals surface area contributed by atoms with Crippen molar-refractivity contribution in [2.45, 2.75) is 108 Å². The third-order valence-corrected chi connectivity index (χ3v) is 6.53. The Morgan fingerprint density at radius 3 is 1.86 bits per heavy atom. The summed E-state index contributed by atoms with van der Waals surface area (Å²) in [5.41, 5.74) is 0. The number of rotatable bonds is 24. The Morgan fingerprint density at radius 1 is 0.857 bits per heavy atom. The second kappa shape index (κ2) is 21.8. The highest BCUT2D eigenvalue weighted by molar-refractivity contribution is 7.87. The summed E-state index contributed by atoms with van der Waals surface area (Å²) >= 11 is 0. The fourth-order valence-corrected chi connectivity index (χ4v) is 4.09. The predicted octanol–water partition coefficient (Wildman–Crippen LogP) is 4.37. The zero-order valence-electron chi connectivity index (χ0n) is 21.3.